The fraction of sp³-hybridized carbons (Fsp3) is 0.227. The molecule has 4 nitrogen and oxygen atoms in total. The Morgan fingerprint density at radius 2 is 1.77 bits per heavy atom. The summed E-state index contributed by atoms with van der Waals surface area (Å²) in [6.07, 6.45) is 1.89. The van der Waals surface area contributed by atoms with E-state index in [1.807, 2.05) is 49.5 Å². The largest absolute Gasteiger partial charge is 0.494 e. The Hall–Kier alpha value is -3.01. The Kier molecular flexibility index (Phi) is 5.42. The topological polar surface area (TPSA) is 35.8 Å². The summed E-state index contributed by atoms with van der Waals surface area (Å²) in [6.45, 7) is 6.86. The number of rotatable bonds is 6. The van der Waals surface area contributed by atoms with Crippen LogP contribution in [0.2, 0.25) is 0 Å². The molecule has 0 aliphatic carbocycles. The van der Waals surface area contributed by atoms with E-state index in [2.05, 4.69) is 41.6 Å². The van der Waals surface area contributed by atoms with Crippen LogP contribution < -0.4 is 9.47 Å². The van der Waals surface area contributed by atoms with Gasteiger partial charge in [-0.1, -0.05) is 12.1 Å². The van der Waals surface area contributed by atoms with Crippen LogP contribution in [0.1, 0.15) is 23.9 Å². The number of aromatic nitrogens is 1. The number of para-hydroxylation sites is 2. The van der Waals surface area contributed by atoms with Gasteiger partial charge in [-0.2, -0.15) is 0 Å². The molecule has 0 aliphatic rings. The van der Waals surface area contributed by atoms with Crippen molar-refractivity contribution in [1.29, 1.82) is 0 Å². The molecule has 1 aromatic heterocycles. The van der Waals surface area contributed by atoms with Crippen LogP contribution in [0.5, 0.6) is 11.5 Å². The first-order valence-corrected chi connectivity index (χ1v) is 8.73. The summed E-state index contributed by atoms with van der Waals surface area (Å²) in [7, 11) is 1.66. The zero-order valence-corrected chi connectivity index (χ0v) is 15.7. The van der Waals surface area contributed by atoms with Gasteiger partial charge in [0, 0.05) is 28.9 Å². The summed E-state index contributed by atoms with van der Waals surface area (Å²) in [6, 6.07) is 18.1. The van der Waals surface area contributed by atoms with E-state index in [-0.39, 0.29) is 0 Å². The van der Waals surface area contributed by atoms with Crippen LogP contribution in [0.4, 0.5) is 5.69 Å². The fourth-order valence-electron chi connectivity index (χ4n) is 3.05. The molecule has 0 bridgehead atoms. The Morgan fingerprint density at radius 3 is 2.46 bits per heavy atom. The number of benzene rings is 2. The Morgan fingerprint density at radius 1 is 1.04 bits per heavy atom. The first-order valence-electron chi connectivity index (χ1n) is 8.73. The lowest BCUT2D eigenvalue weighted by Crippen LogP contribution is -2.00. The van der Waals surface area contributed by atoms with E-state index in [1.165, 1.54) is 0 Å². The van der Waals surface area contributed by atoms with E-state index < -0.39 is 0 Å². The van der Waals surface area contributed by atoms with Crippen LogP contribution in [0.3, 0.4) is 0 Å². The van der Waals surface area contributed by atoms with Crippen molar-refractivity contribution in [3.05, 3.63) is 71.5 Å². The molecule has 0 saturated heterocycles. The third kappa shape index (κ3) is 3.64. The summed E-state index contributed by atoms with van der Waals surface area (Å²) in [5, 5.41) is 0. The molecule has 0 saturated carbocycles. The minimum atomic E-state index is 0.671. The highest BCUT2D eigenvalue weighted by Gasteiger charge is 2.10. The molecule has 3 rings (SSSR count). The molecule has 0 fully saturated rings. The minimum absolute atomic E-state index is 0.671. The van der Waals surface area contributed by atoms with Gasteiger partial charge < -0.3 is 14.0 Å². The van der Waals surface area contributed by atoms with Crippen LogP contribution in [0.15, 0.2) is 59.6 Å². The zero-order chi connectivity index (χ0) is 18.5. The Bertz CT molecular complexity index is 908. The van der Waals surface area contributed by atoms with Crippen molar-refractivity contribution in [2.24, 2.45) is 4.99 Å². The standard InChI is InChI=1S/C22H24N2O2/c1-5-26-20-12-10-19(11-13-20)24-16(2)14-18(17(24)3)15-23-21-8-6-7-9-22(21)25-4/h6-15H,5H2,1-4H3. The monoisotopic (exact) mass is 348 g/mol. The van der Waals surface area contributed by atoms with Crippen molar-refractivity contribution < 1.29 is 9.47 Å². The molecule has 2 aromatic carbocycles. The van der Waals surface area contributed by atoms with Gasteiger partial charge in [-0.3, -0.25) is 4.99 Å². The van der Waals surface area contributed by atoms with Gasteiger partial charge in [0.25, 0.3) is 0 Å². The number of aryl methyl sites for hydroxylation is 1. The Labute approximate surface area is 154 Å². The summed E-state index contributed by atoms with van der Waals surface area (Å²) in [5.74, 6) is 1.65. The smallest absolute Gasteiger partial charge is 0.144 e. The number of aliphatic imine (C=N–C) groups is 1. The average molecular weight is 348 g/mol. The van der Waals surface area contributed by atoms with E-state index in [4.69, 9.17) is 9.47 Å². The van der Waals surface area contributed by atoms with Gasteiger partial charge in [0.05, 0.1) is 13.7 Å². The van der Waals surface area contributed by atoms with E-state index in [9.17, 15) is 0 Å². The first-order chi connectivity index (χ1) is 12.6. The summed E-state index contributed by atoms with van der Waals surface area (Å²) in [5.41, 5.74) is 5.32. The maximum Gasteiger partial charge on any atom is 0.144 e. The maximum atomic E-state index is 5.53. The predicted molar refractivity (Wildman–Crippen MR) is 107 cm³/mol. The van der Waals surface area contributed by atoms with Gasteiger partial charge in [0.1, 0.15) is 17.2 Å². The van der Waals surface area contributed by atoms with Crippen LogP contribution in [0.25, 0.3) is 5.69 Å². The summed E-state index contributed by atoms with van der Waals surface area (Å²) in [4.78, 5) is 4.61. The van der Waals surface area contributed by atoms with Crippen LogP contribution in [-0.2, 0) is 0 Å². The molecular weight excluding hydrogens is 324 g/mol. The molecule has 3 aromatic rings. The van der Waals surface area contributed by atoms with Gasteiger partial charge in [-0.25, -0.2) is 0 Å². The van der Waals surface area contributed by atoms with E-state index >= 15 is 0 Å². The number of hydrogen-bond donors (Lipinski definition) is 0. The normalized spacial score (nSPS) is 11.1. The van der Waals surface area contributed by atoms with Crippen LogP contribution >= 0.6 is 0 Å². The molecule has 26 heavy (non-hydrogen) atoms. The second kappa shape index (κ2) is 7.91. The van der Waals surface area contributed by atoms with Crippen molar-refractivity contribution in [3.8, 4) is 17.2 Å². The van der Waals surface area contributed by atoms with E-state index in [0.717, 1.165) is 39.8 Å². The van der Waals surface area contributed by atoms with E-state index in [1.54, 1.807) is 7.11 Å². The molecule has 0 unspecified atom stereocenters. The zero-order valence-electron chi connectivity index (χ0n) is 15.7. The van der Waals surface area contributed by atoms with Gasteiger partial charge in [-0.05, 0) is 63.2 Å². The molecule has 1 heterocycles. The third-order valence-corrected chi connectivity index (χ3v) is 4.30. The second-order valence-electron chi connectivity index (χ2n) is 6.02. The number of hydrogen-bond acceptors (Lipinski definition) is 3. The lowest BCUT2D eigenvalue weighted by Gasteiger charge is -2.11. The predicted octanol–water partition coefficient (Wildman–Crippen LogP) is 5.25. The molecule has 0 aliphatic heterocycles. The van der Waals surface area contributed by atoms with Gasteiger partial charge in [-0.15, -0.1) is 0 Å². The molecule has 0 radical (unpaired) electrons. The Balaban J connectivity index is 1.91. The average Bonchev–Trinajstić information content (AvgIpc) is 2.95. The minimum Gasteiger partial charge on any atom is -0.494 e. The molecular formula is C22H24N2O2. The van der Waals surface area contributed by atoms with Crippen molar-refractivity contribution in [2.45, 2.75) is 20.8 Å². The lowest BCUT2D eigenvalue weighted by atomic mass is 10.2. The molecule has 0 amide bonds. The molecule has 0 spiro atoms. The molecule has 4 heteroatoms. The quantitative estimate of drug-likeness (QED) is 0.570. The van der Waals surface area contributed by atoms with Crippen molar-refractivity contribution in [3.63, 3.8) is 0 Å². The molecule has 0 atom stereocenters. The second-order valence-corrected chi connectivity index (χ2v) is 6.02. The number of nitrogens with zero attached hydrogens (tertiary/aromatic N) is 2. The van der Waals surface area contributed by atoms with Crippen molar-refractivity contribution in [1.82, 2.24) is 4.57 Å². The highest BCUT2D eigenvalue weighted by molar-refractivity contribution is 5.85. The van der Waals surface area contributed by atoms with Gasteiger partial charge in [0.2, 0.25) is 0 Å². The van der Waals surface area contributed by atoms with E-state index in [0.29, 0.717) is 6.61 Å². The van der Waals surface area contributed by atoms with Crippen molar-refractivity contribution >= 4 is 11.9 Å². The van der Waals surface area contributed by atoms with Gasteiger partial charge >= 0.3 is 0 Å². The van der Waals surface area contributed by atoms with Gasteiger partial charge in [0.15, 0.2) is 0 Å². The summed E-state index contributed by atoms with van der Waals surface area (Å²) < 4.78 is 13.1. The summed E-state index contributed by atoms with van der Waals surface area (Å²) >= 11 is 0. The fourth-order valence-corrected chi connectivity index (χ4v) is 3.05. The highest BCUT2D eigenvalue weighted by Crippen LogP contribution is 2.27. The molecule has 134 valence electrons. The molecule has 0 N–H and O–H groups in total. The lowest BCUT2D eigenvalue weighted by molar-refractivity contribution is 0.340. The van der Waals surface area contributed by atoms with Crippen LogP contribution in [0, 0.1) is 13.8 Å². The van der Waals surface area contributed by atoms with Crippen molar-refractivity contribution in [2.75, 3.05) is 13.7 Å². The highest BCUT2D eigenvalue weighted by atomic mass is 16.5. The number of methoxy groups -OCH3 is 1. The third-order valence-electron chi connectivity index (χ3n) is 4.30. The first kappa shape index (κ1) is 17.8. The van der Waals surface area contributed by atoms with Crippen LogP contribution in [-0.4, -0.2) is 24.5 Å². The number of ether oxygens (including phenoxy) is 2. The SMILES string of the molecule is CCOc1ccc(-n2c(C)cc(C=Nc3ccccc3OC)c2C)cc1. The maximum absolute atomic E-state index is 5.53.